The van der Waals surface area contributed by atoms with Gasteiger partial charge in [0.15, 0.2) is 0 Å². The van der Waals surface area contributed by atoms with Crippen molar-refractivity contribution in [1.82, 2.24) is 4.98 Å². The summed E-state index contributed by atoms with van der Waals surface area (Å²) in [4.78, 5) is 4.23. The quantitative estimate of drug-likeness (QED) is 0.707. The van der Waals surface area contributed by atoms with Crippen molar-refractivity contribution >= 4 is 5.69 Å². The van der Waals surface area contributed by atoms with Crippen LogP contribution in [0, 0.1) is 0 Å². The van der Waals surface area contributed by atoms with Gasteiger partial charge < -0.3 is 14.8 Å². The predicted molar refractivity (Wildman–Crippen MR) is 69.6 cm³/mol. The molecule has 0 bridgehead atoms. The maximum atomic E-state index is 5.40. The number of hydrogen-bond donors (Lipinski definition) is 1. The number of methoxy groups -OCH3 is 1. The highest BCUT2D eigenvalue weighted by atomic mass is 16.5. The van der Waals surface area contributed by atoms with Gasteiger partial charge in [-0.2, -0.15) is 0 Å². The number of rotatable bonds is 8. The number of ether oxygens (including phenoxy) is 2. The molecule has 4 nitrogen and oxygen atoms in total. The SMILES string of the molecule is CCC(CC)Nc1ccc(OCCOC)nc1. The third-order valence-electron chi connectivity index (χ3n) is 2.63. The van der Waals surface area contributed by atoms with Crippen molar-refractivity contribution in [2.45, 2.75) is 32.7 Å². The van der Waals surface area contributed by atoms with E-state index >= 15 is 0 Å². The Kier molecular flexibility index (Phi) is 6.40. The first-order chi connectivity index (χ1) is 8.30. The van der Waals surface area contributed by atoms with Gasteiger partial charge in [0.2, 0.25) is 5.88 Å². The molecule has 0 spiro atoms. The zero-order chi connectivity index (χ0) is 12.5. The van der Waals surface area contributed by atoms with Crippen LogP contribution in [0.3, 0.4) is 0 Å². The molecule has 17 heavy (non-hydrogen) atoms. The second-order valence-corrected chi connectivity index (χ2v) is 3.88. The third kappa shape index (κ3) is 5.04. The molecule has 4 heteroatoms. The maximum Gasteiger partial charge on any atom is 0.213 e. The van der Waals surface area contributed by atoms with E-state index in [1.807, 2.05) is 12.1 Å². The Morgan fingerprint density at radius 2 is 2.00 bits per heavy atom. The van der Waals surface area contributed by atoms with Gasteiger partial charge in [0.25, 0.3) is 0 Å². The minimum absolute atomic E-state index is 0.511. The highest BCUT2D eigenvalue weighted by Gasteiger charge is 2.03. The van der Waals surface area contributed by atoms with Crippen LogP contribution in [0.25, 0.3) is 0 Å². The molecule has 0 aromatic carbocycles. The van der Waals surface area contributed by atoms with Gasteiger partial charge in [-0.3, -0.25) is 0 Å². The van der Waals surface area contributed by atoms with Gasteiger partial charge >= 0.3 is 0 Å². The van der Waals surface area contributed by atoms with Gasteiger partial charge in [0.1, 0.15) is 6.61 Å². The first-order valence-corrected chi connectivity index (χ1v) is 6.14. The van der Waals surface area contributed by atoms with E-state index in [2.05, 4.69) is 24.1 Å². The Labute approximate surface area is 103 Å². The van der Waals surface area contributed by atoms with E-state index in [4.69, 9.17) is 9.47 Å². The van der Waals surface area contributed by atoms with Crippen molar-refractivity contribution in [3.05, 3.63) is 18.3 Å². The van der Waals surface area contributed by atoms with Crippen LogP contribution < -0.4 is 10.1 Å². The molecule has 0 fully saturated rings. The molecule has 0 saturated heterocycles. The average Bonchev–Trinajstić information content (AvgIpc) is 2.38. The summed E-state index contributed by atoms with van der Waals surface area (Å²) in [5.74, 6) is 0.636. The molecule has 0 aliphatic heterocycles. The number of hydrogen-bond acceptors (Lipinski definition) is 4. The van der Waals surface area contributed by atoms with Crippen LogP contribution in [-0.4, -0.2) is 31.3 Å². The molecule has 1 heterocycles. The molecule has 1 N–H and O–H groups in total. The van der Waals surface area contributed by atoms with Crippen LogP contribution in [0.4, 0.5) is 5.69 Å². The smallest absolute Gasteiger partial charge is 0.213 e. The lowest BCUT2D eigenvalue weighted by Gasteiger charge is -2.15. The van der Waals surface area contributed by atoms with E-state index in [0.29, 0.717) is 25.1 Å². The molecule has 0 radical (unpaired) electrons. The molecule has 1 rings (SSSR count). The summed E-state index contributed by atoms with van der Waals surface area (Å²) in [5.41, 5.74) is 1.04. The van der Waals surface area contributed by atoms with E-state index in [-0.39, 0.29) is 0 Å². The van der Waals surface area contributed by atoms with Crippen LogP contribution >= 0.6 is 0 Å². The lowest BCUT2D eigenvalue weighted by atomic mass is 10.1. The Morgan fingerprint density at radius 3 is 2.53 bits per heavy atom. The first-order valence-electron chi connectivity index (χ1n) is 6.14. The van der Waals surface area contributed by atoms with E-state index in [0.717, 1.165) is 18.5 Å². The topological polar surface area (TPSA) is 43.4 Å². The fourth-order valence-corrected chi connectivity index (χ4v) is 1.51. The summed E-state index contributed by atoms with van der Waals surface area (Å²) in [6.45, 7) is 5.46. The molecule has 1 aromatic rings. The molecule has 96 valence electrons. The summed E-state index contributed by atoms with van der Waals surface area (Å²) >= 11 is 0. The number of nitrogens with one attached hydrogen (secondary N) is 1. The van der Waals surface area contributed by atoms with Gasteiger partial charge in [0, 0.05) is 19.2 Å². The lowest BCUT2D eigenvalue weighted by Crippen LogP contribution is -2.17. The van der Waals surface area contributed by atoms with Gasteiger partial charge in [-0.1, -0.05) is 13.8 Å². The van der Waals surface area contributed by atoms with Gasteiger partial charge in [-0.05, 0) is 18.9 Å². The van der Waals surface area contributed by atoms with E-state index in [1.54, 1.807) is 13.3 Å². The number of aromatic nitrogens is 1. The maximum absolute atomic E-state index is 5.40. The van der Waals surface area contributed by atoms with Crippen molar-refractivity contribution in [2.24, 2.45) is 0 Å². The van der Waals surface area contributed by atoms with E-state index < -0.39 is 0 Å². The first kappa shape index (κ1) is 13.8. The van der Waals surface area contributed by atoms with E-state index in [1.165, 1.54) is 0 Å². The van der Waals surface area contributed by atoms with Gasteiger partial charge in [-0.15, -0.1) is 0 Å². The van der Waals surface area contributed by atoms with Crippen molar-refractivity contribution in [1.29, 1.82) is 0 Å². The van der Waals surface area contributed by atoms with Crippen molar-refractivity contribution in [3.8, 4) is 5.88 Å². The zero-order valence-electron chi connectivity index (χ0n) is 10.9. The Balaban J connectivity index is 2.44. The largest absolute Gasteiger partial charge is 0.475 e. The minimum atomic E-state index is 0.511. The summed E-state index contributed by atoms with van der Waals surface area (Å²) < 4.78 is 10.3. The standard InChI is InChI=1S/C13H22N2O2/c1-4-11(5-2)15-12-6-7-13(14-10-12)17-9-8-16-3/h6-7,10-11,15H,4-5,8-9H2,1-3H3. The predicted octanol–water partition coefficient (Wildman–Crippen LogP) is 2.71. The Hall–Kier alpha value is -1.29. The molecule has 0 aliphatic carbocycles. The van der Waals surface area contributed by atoms with Gasteiger partial charge in [0.05, 0.1) is 18.5 Å². The third-order valence-corrected chi connectivity index (χ3v) is 2.63. The highest BCUT2D eigenvalue weighted by Crippen LogP contribution is 2.14. The van der Waals surface area contributed by atoms with Crippen LogP contribution in [0.2, 0.25) is 0 Å². The second kappa shape index (κ2) is 7.90. The summed E-state index contributed by atoms with van der Waals surface area (Å²) in [5, 5.41) is 3.43. The monoisotopic (exact) mass is 238 g/mol. The molecule has 0 unspecified atom stereocenters. The summed E-state index contributed by atoms with van der Waals surface area (Å²) in [7, 11) is 1.65. The number of anilines is 1. The zero-order valence-corrected chi connectivity index (χ0v) is 10.9. The van der Waals surface area contributed by atoms with Gasteiger partial charge in [-0.25, -0.2) is 4.98 Å². The van der Waals surface area contributed by atoms with Crippen molar-refractivity contribution < 1.29 is 9.47 Å². The Morgan fingerprint density at radius 1 is 1.24 bits per heavy atom. The van der Waals surface area contributed by atoms with Crippen molar-refractivity contribution in [3.63, 3.8) is 0 Å². The lowest BCUT2D eigenvalue weighted by molar-refractivity contribution is 0.144. The second-order valence-electron chi connectivity index (χ2n) is 3.88. The molecule has 0 amide bonds. The molecular formula is C13H22N2O2. The fourth-order valence-electron chi connectivity index (χ4n) is 1.51. The van der Waals surface area contributed by atoms with Crippen LogP contribution in [0.5, 0.6) is 5.88 Å². The Bertz CT molecular complexity index is 297. The summed E-state index contributed by atoms with van der Waals surface area (Å²) in [6.07, 6.45) is 4.03. The average molecular weight is 238 g/mol. The van der Waals surface area contributed by atoms with Crippen LogP contribution in [0.15, 0.2) is 18.3 Å². The highest BCUT2D eigenvalue weighted by molar-refractivity contribution is 5.42. The van der Waals surface area contributed by atoms with E-state index in [9.17, 15) is 0 Å². The molecule has 0 atom stereocenters. The molecular weight excluding hydrogens is 216 g/mol. The normalized spacial score (nSPS) is 10.6. The summed E-state index contributed by atoms with van der Waals surface area (Å²) in [6, 6.07) is 4.38. The minimum Gasteiger partial charge on any atom is -0.475 e. The molecule has 0 aliphatic rings. The number of pyridine rings is 1. The molecule has 1 aromatic heterocycles. The fraction of sp³-hybridized carbons (Fsp3) is 0.615. The van der Waals surface area contributed by atoms with Crippen LogP contribution in [0.1, 0.15) is 26.7 Å². The van der Waals surface area contributed by atoms with Crippen LogP contribution in [-0.2, 0) is 4.74 Å². The van der Waals surface area contributed by atoms with Crippen molar-refractivity contribution in [2.75, 3.05) is 25.6 Å². The molecule has 0 saturated carbocycles. The number of nitrogens with zero attached hydrogens (tertiary/aromatic N) is 1.